The second-order valence-corrected chi connectivity index (χ2v) is 5.57. The number of halogens is 1. The quantitative estimate of drug-likeness (QED) is 0.774. The number of carbonyl (C=O) groups is 1. The van der Waals surface area contributed by atoms with Gasteiger partial charge in [-0.25, -0.2) is 0 Å². The molecular formula is C17H16ClNO. The number of benzene rings is 2. The Hall–Kier alpha value is -1.80. The zero-order valence-corrected chi connectivity index (χ0v) is 12.2. The van der Waals surface area contributed by atoms with E-state index in [0.29, 0.717) is 10.6 Å². The molecule has 0 N–H and O–H groups in total. The maximum atomic E-state index is 11.4. The average Bonchev–Trinajstić information content (AvgIpc) is 2.46. The Morgan fingerprint density at radius 3 is 2.60 bits per heavy atom. The Labute approximate surface area is 124 Å². The normalized spacial score (nSPS) is 14.0. The minimum absolute atomic E-state index is 0.00513. The van der Waals surface area contributed by atoms with Crippen LogP contribution < -0.4 is 4.90 Å². The summed E-state index contributed by atoms with van der Waals surface area (Å²) < 4.78 is 0. The summed E-state index contributed by atoms with van der Waals surface area (Å²) in [5, 5.41) is 0.536. The van der Waals surface area contributed by atoms with Crippen LogP contribution in [0.5, 0.6) is 0 Å². The Bertz CT molecular complexity index is 666. The number of ketones is 1. The van der Waals surface area contributed by atoms with E-state index in [1.807, 2.05) is 18.2 Å². The van der Waals surface area contributed by atoms with E-state index in [2.05, 4.69) is 29.2 Å². The first-order chi connectivity index (χ1) is 9.65. The lowest BCUT2D eigenvalue weighted by Crippen LogP contribution is -2.30. The van der Waals surface area contributed by atoms with Crippen LogP contribution in [0.25, 0.3) is 0 Å². The molecule has 0 amide bonds. The van der Waals surface area contributed by atoms with Crippen LogP contribution in [0.15, 0.2) is 42.5 Å². The summed E-state index contributed by atoms with van der Waals surface area (Å²) in [6.45, 7) is 3.41. The number of fused-ring (bicyclic) bond motifs is 1. The van der Waals surface area contributed by atoms with Crippen LogP contribution in [0.4, 0.5) is 5.69 Å². The lowest BCUT2D eigenvalue weighted by molar-refractivity contribution is 0.101. The van der Waals surface area contributed by atoms with Gasteiger partial charge in [-0.3, -0.25) is 4.79 Å². The molecule has 102 valence electrons. The van der Waals surface area contributed by atoms with Gasteiger partial charge < -0.3 is 4.90 Å². The summed E-state index contributed by atoms with van der Waals surface area (Å²) in [5.41, 5.74) is 4.46. The Balaban J connectivity index is 1.88. The van der Waals surface area contributed by atoms with Crippen molar-refractivity contribution in [1.29, 1.82) is 0 Å². The first kappa shape index (κ1) is 13.2. The molecule has 1 heterocycles. The number of anilines is 1. The van der Waals surface area contributed by atoms with E-state index in [4.69, 9.17) is 11.6 Å². The van der Waals surface area contributed by atoms with E-state index in [-0.39, 0.29) is 5.78 Å². The minimum atomic E-state index is 0.00513. The average molecular weight is 286 g/mol. The molecule has 0 aromatic heterocycles. The highest BCUT2D eigenvalue weighted by atomic mass is 35.5. The zero-order chi connectivity index (χ0) is 14.1. The number of nitrogens with zero attached hydrogens (tertiary/aromatic N) is 1. The lowest BCUT2D eigenvalue weighted by Gasteiger charge is -2.31. The smallest absolute Gasteiger partial charge is 0.161 e. The van der Waals surface area contributed by atoms with Gasteiger partial charge in [-0.1, -0.05) is 35.9 Å². The van der Waals surface area contributed by atoms with Gasteiger partial charge in [0.15, 0.2) is 5.78 Å². The molecule has 1 aliphatic heterocycles. The number of carbonyl (C=O) groups excluding carboxylic acids is 1. The van der Waals surface area contributed by atoms with Crippen LogP contribution in [0.1, 0.15) is 28.4 Å². The van der Waals surface area contributed by atoms with Crippen molar-refractivity contribution in [3.05, 3.63) is 64.2 Å². The zero-order valence-electron chi connectivity index (χ0n) is 11.4. The molecule has 0 unspecified atom stereocenters. The summed E-state index contributed by atoms with van der Waals surface area (Å²) >= 11 is 6.20. The molecule has 0 fully saturated rings. The molecule has 2 nitrogen and oxygen atoms in total. The van der Waals surface area contributed by atoms with Gasteiger partial charge >= 0.3 is 0 Å². The summed E-state index contributed by atoms with van der Waals surface area (Å²) in [7, 11) is 0. The van der Waals surface area contributed by atoms with Crippen molar-refractivity contribution in [3.8, 4) is 0 Å². The molecule has 0 saturated carbocycles. The highest BCUT2D eigenvalue weighted by molar-refractivity contribution is 6.34. The molecule has 3 rings (SSSR count). The van der Waals surface area contributed by atoms with Crippen LogP contribution in [0, 0.1) is 0 Å². The molecule has 0 spiro atoms. The van der Waals surface area contributed by atoms with Gasteiger partial charge in [-0.15, -0.1) is 0 Å². The number of hydrogen-bond acceptors (Lipinski definition) is 2. The second-order valence-electron chi connectivity index (χ2n) is 5.16. The largest absolute Gasteiger partial charge is 0.367 e. The molecule has 0 saturated heterocycles. The third-order valence-electron chi connectivity index (χ3n) is 3.83. The lowest BCUT2D eigenvalue weighted by atomic mass is 9.99. The number of Topliss-reactive ketones (excluding diaryl/α,β-unsaturated/α-hetero) is 1. The fraction of sp³-hybridized carbons (Fsp3) is 0.235. The molecule has 20 heavy (non-hydrogen) atoms. The van der Waals surface area contributed by atoms with Gasteiger partial charge in [-0.05, 0) is 42.7 Å². The van der Waals surface area contributed by atoms with Crippen LogP contribution in [0.3, 0.4) is 0 Å². The Morgan fingerprint density at radius 2 is 1.90 bits per heavy atom. The first-order valence-corrected chi connectivity index (χ1v) is 7.15. The first-order valence-electron chi connectivity index (χ1n) is 6.77. The van der Waals surface area contributed by atoms with Gasteiger partial charge in [0, 0.05) is 24.3 Å². The van der Waals surface area contributed by atoms with Crippen molar-refractivity contribution in [3.63, 3.8) is 0 Å². The number of rotatable bonds is 2. The van der Waals surface area contributed by atoms with Gasteiger partial charge in [-0.2, -0.15) is 0 Å². The van der Waals surface area contributed by atoms with Gasteiger partial charge in [0.2, 0.25) is 0 Å². The van der Waals surface area contributed by atoms with Gasteiger partial charge in [0.25, 0.3) is 0 Å². The third-order valence-corrected chi connectivity index (χ3v) is 4.14. The summed E-state index contributed by atoms with van der Waals surface area (Å²) in [4.78, 5) is 13.7. The van der Waals surface area contributed by atoms with E-state index in [9.17, 15) is 4.79 Å². The van der Waals surface area contributed by atoms with Crippen molar-refractivity contribution < 1.29 is 4.79 Å². The molecule has 0 atom stereocenters. The second kappa shape index (κ2) is 5.29. The molecule has 2 aromatic rings. The van der Waals surface area contributed by atoms with E-state index >= 15 is 0 Å². The summed E-state index contributed by atoms with van der Waals surface area (Å²) in [5.74, 6) is 0.00513. The molecule has 0 radical (unpaired) electrons. The highest BCUT2D eigenvalue weighted by Gasteiger charge is 2.17. The monoisotopic (exact) mass is 285 g/mol. The molecule has 0 bridgehead atoms. The number of hydrogen-bond donors (Lipinski definition) is 0. The van der Waals surface area contributed by atoms with Crippen LogP contribution in [-0.2, 0) is 13.0 Å². The predicted molar refractivity (Wildman–Crippen MR) is 82.7 cm³/mol. The molecule has 3 heteroatoms. The highest BCUT2D eigenvalue weighted by Crippen LogP contribution is 2.28. The third kappa shape index (κ3) is 2.44. The van der Waals surface area contributed by atoms with Crippen LogP contribution in [0.2, 0.25) is 5.02 Å². The fourth-order valence-corrected chi connectivity index (χ4v) is 3.01. The molecule has 2 aromatic carbocycles. The van der Waals surface area contributed by atoms with Crippen LogP contribution in [-0.4, -0.2) is 12.3 Å². The fourth-order valence-electron chi connectivity index (χ4n) is 2.70. The van der Waals surface area contributed by atoms with Gasteiger partial charge in [0.1, 0.15) is 0 Å². The summed E-state index contributed by atoms with van der Waals surface area (Å²) in [6.07, 6.45) is 1.04. The van der Waals surface area contributed by atoms with E-state index in [0.717, 1.165) is 25.2 Å². The topological polar surface area (TPSA) is 20.3 Å². The van der Waals surface area contributed by atoms with Crippen LogP contribution >= 0.6 is 11.6 Å². The SMILES string of the molecule is CC(=O)c1ccc(N2CCc3ccccc3C2)cc1Cl. The molecular weight excluding hydrogens is 270 g/mol. The summed E-state index contributed by atoms with van der Waals surface area (Å²) in [6, 6.07) is 14.2. The standard InChI is InChI=1S/C17H16ClNO/c1-12(20)16-7-6-15(10-17(16)18)19-9-8-13-4-2-3-5-14(13)11-19/h2-7,10H,8-9,11H2,1H3. The maximum Gasteiger partial charge on any atom is 0.161 e. The predicted octanol–water partition coefficient (Wildman–Crippen LogP) is 4.11. The van der Waals surface area contributed by atoms with E-state index in [1.54, 1.807) is 0 Å². The van der Waals surface area contributed by atoms with Crippen molar-refractivity contribution in [2.45, 2.75) is 19.9 Å². The molecule has 0 aliphatic carbocycles. The Kier molecular flexibility index (Phi) is 3.49. The Morgan fingerprint density at radius 1 is 1.15 bits per heavy atom. The van der Waals surface area contributed by atoms with Gasteiger partial charge in [0.05, 0.1) is 5.02 Å². The van der Waals surface area contributed by atoms with E-state index in [1.165, 1.54) is 18.1 Å². The van der Waals surface area contributed by atoms with Crippen molar-refractivity contribution in [1.82, 2.24) is 0 Å². The van der Waals surface area contributed by atoms with E-state index < -0.39 is 0 Å². The maximum absolute atomic E-state index is 11.4. The molecule has 1 aliphatic rings. The van der Waals surface area contributed by atoms with Crippen molar-refractivity contribution >= 4 is 23.1 Å². The van der Waals surface area contributed by atoms with Crippen molar-refractivity contribution in [2.24, 2.45) is 0 Å². The van der Waals surface area contributed by atoms with Crippen molar-refractivity contribution in [2.75, 3.05) is 11.4 Å². The minimum Gasteiger partial charge on any atom is -0.367 e.